The maximum Gasteiger partial charge on any atom is 0.285 e. The van der Waals surface area contributed by atoms with Crippen molar-refractivity contribution in [1.29, 1.82) is 0 Å². The summed E-state index contributed by atoms with van der Waals surface area (Å²) in [4.78, 5) is 14.7. The number of benzene rings is 2. The first-order valence-corrected chi connectivity index (χ1v) is 11.0. The minimum absolute atomic E-state index is 0.122. The van der Waals surface area contributed by atoms with Crippen molar-refractivity contribution in [2.24, 2.45) is 10.3 Å². The molecule has 0 aromatic heterocycles. The van der Waals surface area contributed by atoms with E-state index in [4.69, 9.17) is 0 Å². The lowest BCUT2D eigenvalue weighted by atomic mass is 9.96. The molecule has 2 heterocycles. The minimum Gasteiger partial charge on any atom is -0.355 e. The first kappa shape index (κ1) is 19.1. The number of nitrogens with zero attached hydrogens (tertiary/aromatic N) is 2. The molecular formula is C19H17BrFN3O3S. The highest BCUT2D eigenvalue weighted by Crippen LogP contribution is 2.30. The summed E-state index contributed by atoms with van der Waals surface area (Å²) in [5.74, 6) is -0.825. The van der Waals surface area contributed by atoms with Crippen molar-refractivity contribution in [1.82, 2.24) is 4.90 Å². The molecule has 1 fully saturated rings. The number of fused-ring (bicyclic) bond motifs is 1. The van der Waals surface area contributed by atoms with Gasteiger partial charge in [-0.15, -0.1) is 4.40 Å². The fraction of sp³-hybridized carbons (Fsp3) is 0.263. The average Bonchev–Trinajstić information content (AvgIpc) is 2.96. The van der Waals surface area contributed by atoms with E-state index in [2.05, 4.69) is 25.6 Å². The minimum atomic E-state index is -3.71. The normalized spacial score (nSPS) is 20.4. The molecule has 0 aliphatic carbocycles. The van der Waals surface area contributed by atoms with Crippen LogP contribution in [0.3, 0.4) is 0 Å². The number of carbonyl (C=O) groups is 1. The second kappa shape index (κ2) is 7.29. The van der Waals surface area contributed by atoms with Gasteiger partial charge >= 0.3 is 0 Å². The largest absolute Gasteiger partial charge is 0.355 e. The van der Waals surface area contributed by atoms with Gasteiger partial charge in [-0.2, -0.15) is 8.42 Å². The number of rotatable bonds is 2. The average molecular weight is 466 g/mol. The second-order valence-electron chi connectivity index (χ2n) is 6.78. The van der Waals surface area contributed by atoms with Crippen LogP contribution < -0.4 is 5.32 Å². The summed E-state index contributed by atoms with van der Waals surface area (Å²) in [6, 6.07) is 11.1. The van der Waals surface area contributed by atoms with E-state index in [0.29, 0.717) is 41.8 Å². The van der Waals surface area contributed by atoms with Crippen LogP contribution in [-0.4, -0.2) is 38.2 Å². The number of amides is 1. The summed E-state index contributed by atoms with van der Waals surface area (Å²) < 4.78 is 43.1. The molecule has 2 aliphatic heterocycles. The lowest BCUT2D eigenvalue weighted by Gasteiger charge is -2.33. The SMILES string of the molecule is O=C(Nc1ccc(Br)cc1F)C1CCCN(C2=NS(=O)(=O)c3ccccc32)C1. The van der Waals surface area contributed by atoms with Crippen molar-refractivity contribution in [3.63, 3.8) is 0 Å². The van der Waals surface area contributed by atoms with Gasteiger partial charge in [-0.05, 0) is 43.2 Å². The molecule has 0 bridgehead atoms. The number of anilines is 1. The number of carbonyl (C=O) groups excluding carboxylic acids is 1. The van der Waals surface area contributed by atoms with Gasteiger partial charge in [0.15, 0.2) is 5.84 Å². The Labute approximate surface area is 170 Å². The van der Waals surface area contributed by atoms with Crippen molar-refractivity contribution in [2.45, 2.75) is 17.7 Å². The van der Waals surface area contributed by atoms with Crippen LogP contribution in [0.15, 0.2) is 56.2 Å². The smallest absolute Gasteiger partial charge is 0.285 e. The van der Waals surface area contributed by atoms with Crippen molar-refractivity contribution in [3.05, 3.63) is 58.3 Å². The van der Waals surface area contributed by atoms with Crippen LogP contribution in [-0.2, 0) is 14.8 Å². The van der Waals surface area contributed by atoms with Crippen molar-refractivity contribution >= 4 is 43.4 Å². The zero-order valence-electron chi connectivity index (χ0n) is 14.7. The maximum absolute atomic E-state index is 14.0. The van der Waals surface area contributed by atoms with Crippen LogP contribution in [0.25, 0.3) is 0 Å². The Bertz CT molecular complexity index is 1090. The predicted molar refractivity (Wildman–Crippen MR) is 107 cm³/mol. The van der Waals surface area contributed by atoms with E-state index < -0.39 is 21.8 Å². The Morgan fingerprint density at radius 1 is 1.25 bits per heavy atom. The van der Waals surface area contributed by atoms with E-state index in [1.165, 1.54) is 18.2 Å². The topological polar surface area (TPSA) is 78.8 Å². The number of likely N-dealkylation sites (tertiary alicyclic amines) is 1. The first-order valence-electron chi connectivity index (χ1n) is 8.80. The number of hydrogen-bond donors (Lipinski definition) is 1. The molecule has 2 aromatic carbocycles. The van der Waals surface area contributed by atoms with Crippen LogP contribution in [0.1, 0.15) is 18.4 Å². The van der Waals surface area contributed by atoms with E-state index in [0.717, 1.165) is 0 Å². The summed E-state index contributed by atoms with van der Waals surface area (Å²) >= 11 is 3.19. The molecule has 2 aromatic rings. The van der Waals surface area contributed by atoms with Crippen molar-refractivity contribution in [3.8, 4) is 0 Å². The number of hydrogen-bond acceptors (Lipinski definition) is 4. The second-order valence-corrected chi connectivity index (χ2v) is 9.27. The summed E-state index contributed by atoms with van der Waals surface area (Å²) in [5.41, 5.74) is 0.680. The van der Waals surface area contributed by atoms with Gasteiger partial charge in [0.1, 0.15) is 10.7 Å². The third kappa shape index (κ3) is 3.56. The van der Waals surface area contributed by atoms with E-state index in [1.807, 2.05) is 4.90 Å². The van der Waals surface area contributed by atoms with Crippen LogP contribution in [0.5, 0.6) is 0 Å². The molecule has 1 atom stereocenters. The van der Waals surface area contributed by atoms with E-state index in [1.54, 1.807) is 24.3 Å². The predicted octanol–water partition coefficient (Wildman–Crippen LogP) is 3.39. The highest BCUT2D eigenvalue weighted by atomic mass is 79.9. The highest BCUT2D eigenvalue weighted by molar-refractivity contribution is 9.10. The zero-order chi connectivity index (χ0) is 19.9. The van der Waals surface area contributed by atoms with Gasteiger partial charge in [0.2, 0.25) is 5.91 Å². The molecule has 146 valence electrons. The van der Waals surface area contributed by atoms with Gasteiger partial charge < -0.3 is 10.2 Å². The Morgan fingerprint density at radius 3 is 2.82 bits per heavy atom. The van der Waals surface area contributed by atoms with Crippen LogP contribution in [0.4, 0.5) is 10.1 Å². The van der Waals surface area contributed by atoms with Gasteiger partial charge in [-0.1, -0.05) is 28.1 Å². The molecule has 0 spiro atoms. The number of sulfonamides is 1. The molecular weight excluding hydrogens is 449 g/mol. The third-order valence-electron chi connectivity index (χ3n) is 4.89. The molecule has 4 rings (SSSR count). The Morgan fingerprint density at radius 2 is 2.04 bits per heavy atom. The monoisotopic (exact) mass is 465 g/mol. The van der Waals surface area contributed by atoms with Gasteiger partial charge in [0, 0.05) is 23.1 Å². The molecule has 1 saturated heterocycles. The summed E-state index contributed by atoms with van der Waals surface area (Å²) in [5, 5.41) is 2.63. The molecule has 0 radical (unpaired) electrons. The van der Waals surface area contributed by atoms with Crippen molar-refractivity contribution < 1.29 is 17.6 Å². The number of amidine groups is 1. The van der Waals surface area contributed by atoms with Crippen LogP contribution in [0.2, 0.25) is 0 Å². The van der Waals surface area contributed by atoms with Crippen LogP contribution in [0, 0.1) is 11.7 Å². The molecule has 6 nitrogen and oxygen atoms in total. The van der Waals surface area contributed by atoms with Gasteiger partial charge in [0.25, 0.3) is 10.0 Å². The Kier molecular flexibility index (Phi) is 4.96. The molecule has 1 unspecified atom stereocenters. The quantitative estimate of drug-likeness (QED) is 0.736. The standard InChI is InChI=1S/C19H17BrFN3O3S/c20-13-7-8-16(15(21)10-13)22-19(25)12-4-3-9-24(11-12)18-14-5-1-2-6-17(14)28(26,27)23-18/h1-2,5-8,10,12H,3-4,9,11H2,(H,22,25). The number of piperidine rings is 1. The Hall–Kier alpha value is -2.26. The van der Waals surface area contributed by atoms with Gasteiger partial charge in [-0.25, -0.2) is 4.39 Å². The summed E-state index contributed by atoms with van der Waals surface area (Å²) in [6.07, 6.45) is 1.35. The lowest BCUT2D eigenvalue weighted by molar-refractivity contribution is -0.121. The molecule has 0 saturated carbocycles. The molecule has 1 N–H and O–H groups in total. The lowest BCUT2D eigenvalue weighted by Crippen LogP contribution is -2.43. The van der Waals surface area contributed by atoms with Crippen molar-refractivity contribution in [2.75, 3.05) is 18.4 Å². The zero-order valence-corrected chi connectivity index (χ0v) is 17.1. The first-order chi connectivity index (χ1) is 13.3. The van der Waals surface area contributed by atoms with E-state index in [9.17, 15) is 17.6 Å². The maximum atomic E-state index is 14.0. The molecule has 2 aliphatic rings. The van der Waals surface area contributed by atoms with Gasteiger partial charge in [0.05, 0.1) is 11.6 Å². The summed E-state index contributed by atoms with van der Waals surface area (Å²) in [7, 11) is -3.71. The third-order valence-corrected chi connectivity index (χ3v) is 6.71. The fourth-order valence-electron chi connectivity index (χ4n) is 3.53. The van der Waals surface area contributed by atoms with E-state index >= 15 is 0 Å². The molecule has 28 heavy (non-hydrogen) atoms. The van der Waals surface area contributed by atoms with Crippen LogP contribution >= 0.6 is 15.9 Å². The molecule has 1 amide bonds. The summed E-state index contributed by atoms with van der Waals surface area (Å²) in [6.45, 7) is 0.936. The van der Waals surface area contributed by atoms with Gasteiger partial charge in [-0.3, -0.25) is 4.79 Å². The fourth-order valence-corrected chi connectivity index (χ4v) is 5.09. The Balaban J connectivity index is 1.53. The number of nitrogens with one attached hydrogen (secondary N) is 1. The molecule has 9 heteroatoms. The van der Waals surface area contributed by atoms with E-state index in [-0.39, 0.29) is 16.5 Å². The number of halogens is 2. The highest BCUT2D eigenvalue weighted by Gasteiger charge is 2.35.